The van der Waals surface area contributed by atoms with Crippen LogP contribution in [0, 0.1) is 18.3 Å². The van der Waals surface area contributed by atoms with Crippen LogP contribution in [0.3, 0.4) is 0 Å². The summed E-state index contributed by atoms with van der Waals surface area (Å²) in [5, 5.41) is 0. The molecule has 19 heavy (non-hydrogen) atoms. The van der Waals surface area contributed by atoms with Crippen LogP contribution in [0.4, 0.5) is 0 Å². The number of hydrogen-bond donors (Lipinski definition) is 1. The molecule has 1 aliphatic carbocycles. The summed E-state index contributed by atoms with van der Waals surface area (Å²) in [5.74, 6) is 5.33. The predicted octanol–water partition coefficient (Wildman–Crippen LogP) is 1.71. The highest BCUT2D eigenvalue weighted by Crippen LogP contribution is 2.47. The molecule has 1 aromatic rings. The van der Waals surface area contributed by atoms with E-state index in [4.69, 9.17) is 16.6 Å². The highest BCUT2D eigenvalue weighted by Gasteiger charge is 2.36. The second-order valence-electron chi connectivity index (χ2n) is 5.33. The highest BCUT2D eigenvalue weighted by atomic mass is 16.3. The van der Waals surface area contributed by atoms with Crippen molar-refractivity contribution in [3.8, 4) is 12.3 Å². The molecule has 0 aliphatic heterocycles. The molecule has 1 heterocycles. The van der Waals surface area contributed by atoms with Gasteiger partial charge < -0.3 is 15.1 Å². The third-order valence-corrected chi connectivity index (χ3v) is 3.58. The normalized spacial score (nSPS) is 22.6. The number of hydrogen-bond acceptors (Lipinski definition) is 3. The van der Waals surface area contributed by atoms with Crippen LogP contribution >= 0.6 is 0 Å². The molecule has 3 unspecified atom stereocenters. The molecular formula is C15H20N2O2. The SMILES string of the molecule is C#CCC(N)C(=O)N(C)Cc1ccc(C2CC2C)o1. The Balaban J connectivity index is 1.91. The van der Waals surface area contributed by atoms with E-state index in [0.717, 1.165) is 11.5 Å². The van der Waals surface area contributed by atoms with Gasteiger partial charge in [0.2, 0.25) is 5.91 Å². The van der Waals surface area contributed by atoms with Crippen molar-refractivity contribution in [2.45, 2.75) is 38.3 Å². The van der Waals surface area contributed by atoms with Crippen LogP contribution in [0.5, 0.6) is 0 Å². The summed E-state index contributed by atoms with van der Waals surface area (Å²) in [5.41, 5.74) is 5.70. The van der Waals surface area contributed by atoms with Crippen molar-refractivity contribution < 1.29 is 9.21 Å². The fourth-order valence-electron chi connectivity index (χ4n) is 2.21. The average Bonchev–Trinajstić information content (AvgIpc) is 2.92. The number of rotatable bonds is 5. The molecule has 1 amide bonds. The van der Waals surface area contributed by atoms with Crippen LogP contribution in [0.2, 0.25) is 0 Å². The summed E-state index contributed by atoms with van der Waals surface area (Å²) in [7, 11) is 1.71. The zero-order valence-corrected chi connectivity index (χ0v) is 11.4. The first-order chi connectivity index (χ1) is 9.02. The number of amides is 1. The van der Waals surface area contributed by atoms with Gasteiger partial charge in [0.05, 0.1) is 12.6 Å². The van der Waals surface area contributed by atoms with Crippen molar-refractivity contribution in [1.29, 1.82) is 0 Å². The third kappa shape index (κ3) is 3.18. The maximum Gasteiger partial charge on any atom is 0.240 e. The van der Waals surface area contributed by atoms with Crippen molar-refractivity contribution in [3.63, 3.8) is 0 Å². The largest absolute Gasteiger partial charge is 0.464 e. The summed E-state index contributed by atoms with van der Waals surface area (Å²) in [6.07, 6.45) is 6.60. The lowest BCUT2D eigenvalue weighted by Gasteiger charge is -2.19. The van der Waals surface area contributed by atoms with E-state index >= 15 is 0 Å². The lowest BCUT2D eigenvalue weighted by Crippen LogP contribution is -2.41. The number of nitrogens with two attached hydrogens (primary N) is 1. The summed E-state index contributed by atoms with van der Waals surface area (Å²) >= 11 is 0. The van der Waals surface area contributed by atoms with E-state index in [9.17, 15) is 4.79 Å². The maximum absolute atomic E-state index is 11.9. The van der Waals surface area contributed by atoms with Gasteiger partial charge in [0.15, 0.2) is 0 Å². The molecule has 4 nitrogen and oxygen atoms in total. The van der Waals surface area contributed by atoms with E-state index < -0.39 is 6.04 Å². The molecule has 3 atom stereocenters. The highest BCUT2D eigenvalue weighted by molar-refractivity contribution is 5.81. The Kier molecular flexibility index (Phi) is 3.96. The van der Waals surface area contributed by atoms with Crippen LogP contribution in [0.15, 0.2) is 16.5 Å². The van der Waals surface area contributed by atoms with Gasteiger partial charge in [0.1, 0.15) is 11.5 Å². The lowest BCUT2D eigenvalue weighted by atomic mass is 10.2. The maximum atomic E-state index is 11.9. The zero-order valence-electron chi connectivity index (χ0n) is 11.4. The Morgan fingerprint density at radius 1 is 1.68 bits per heavy atom. The Bertz CT molecular complexity index is 500. The molecule has 2 rings (SSSR count). The minimum atomic E-state index is -0.632. The second-order valence-corrected chi connectivity index (χ2v) is 5.33. The second kappa shape index (κ2) is 5.50. The monoisotopic (exact) mass is 260 g/mol. The van der Waals surface area contributed by atoms with Gasteiger partial charge in [0.25, 0.3) is 0 Å². The fraction of sp³-hybridized carbons (Fsp3) is 0.533. The van der Waals surface area contributed by atoms with Gasteiger partial charge >= 0.3 is 0 Å². The lowest BCUT2D eigenvalue weighted by molar-refractivity contribution is -0.131. The zero-order chi connectivity index (χ0) is 14.0. The minimum absolute atomic E-state index is 0.157. The van der Waals surface area contributed by atoms with Crippen molar-refractivity contribution in [2.75, 3.05) is 7.05 Å². The molecule has 1 aromatic heterocycles. The molecule has 0 saturated heterocycles. The number of furan rings is 1. The van der Waals surface area contributed by atoms with Gasteiger partial charge in [0, 0.05) is 19.4 Å². The van der Waals surface area contributed by atoms with E-state index in [-0.39, 0.29) is 12.3 Å². The average molecular weight is 260 g/mol. The Morgan fingerprint density at radius 3 is 2.95 bits per heavy atom. The third-order valence-electron chi connectivity index (χ3n) is 3.58. The van der Waals surface area contributed by atoms with Crippen LogP contribution in [-0.2, 0) is 11.3 Å². The summed E-state index contributed by atoms with van der Waals surface area (Å²) in [6, 6.07) is 3.30. The Labute approximate surface area is 113 Å². The van der Waals surface area contributed by atoms with E-state index in [1.54, 1.807) is 11.9 Å². The number of nitrogens with zero attached hydrogens (tertiary/aromatic N) is 1. The minimum Gasteiger partial charge on any atom is -0.464 e. The van der Waals surface area contributed by atoms with Gasteiger partial charge in [-0.25, -0.2) is 0 Å². The molecule has 1 fully saturated rings. The molecule has 1 aliphatic rings. The molecular weight excluding hydrogens is 240 g/mol. The molecule has 1 saturated carbocycles. The van der Waals surface area contributed by atoms with Crippen LogP contribution in [0.1, 0.15) is 37.2 Å². The molecule has 0 radical (unpaired) electrons. The number of likely N-dealkylation sites (N-methyl/N-ethyl adjacent to an activating group) is 1. The molecule has 4 heteroatoms. The first-order valence-electron chi connectivity index (χ1n) is 6.55. The number of carbonyl (C=O) groups is 1. The van der Waals surface area contributed by atoms with Crippen molar-refractivity contribution in [2.24, 2.45) is 11.7 Å². The molecule has 0 aromatic carbocycles. The van der Waals surface area contributed by atoms with Gasteiger partial charge in [-0.1, -0.05) is 6.92 Å². The van der Waals surface area contributed by atoms with Gasteiger partial charge in [-0.2, -0.15) is 0 Å². The van der Waals surface area contributed by atoms with E-state index in [1.165, 1.54) is 6.42 Å². The molecule has 0 spiro atoms. The van der Waals surface area contributed by atoms with Crippen LogP contribution in [-0.4, -0.2) is 23.9 Å². The fourth-order valence-corrected chi connectivity index (χ4v) is 2.21. The van der Waals surface area contributed by atoms with Gasteiger partial charge in [-0.05, 0) is 24.5 Å². The Morgan fingerprint density at radius 2 is 2.37 bits per heavy atom. The topological polar surface area (TPSA) is 59.5 Å². The van der Waals surface area contributed by atoms with Gasteiger partial charge in [-0.3, -0.25) is 4.79 Å². The molecule has 0 bridgehead atoms. The van der Waals surface area contributed by atoms with E-state index in [0.29, 0.717) is 18.4 Å². The van der Waals surface area contributed by atoms with E-state index in [1.807, 2.05) is 12.1 Å². The van der Waals surface area contributed by atoms with Crippen molar-refractivity contribution in [3.05, 3.63) is 23.7 Å². The molecule has 2 N–H and O–H groups in total. The van der Waals surface area contributed by atoms with Crippen LogP contribution < -0.4 is 5.73 Å². The quantitative estimate of drug-likeness (QED) is 0.820. The van der Waals surface area contributed by atoms with Crippen LogP contribution in [0.25, 0.3) is 0 Å². The molecule has 102 valence electrons. The van der Waals surface area contributed by atoms with E-state index in [2.05, 4.69) is 12.8 Å². The summed E-state index contributed by atoms with van der Waals surface area (Å²) in [4.78, 5) is 13.5. The first kappa shape index (κ1) is 13.7. The first-order valence-corrected chi connectivity index (χ1v) is 6.55. The smallest absolute Gasteiger partial charge is 0.240 e. The predicted molar refractivity (Wildman–Crippen MR) is 73.1 cm³/mol. The standard InChI is InChI=1S/C15H20N2O2/c1-4-5-13(16)15(18)17(3)9-11-6-7-14(19-11)12-8-10(12)2/h1,6-7,10,12-13H,5,8-9,16H2,2-3H3. The number of terminal acetylenes is 1. The Hall–Kier alpha value is -1.73. The van der Waals surface area contributed by atoms with Gasteiger partial charge in [-0.15, -0.1) is 12.3 Å². The summed E-state index contributed by atoms with van der Waals surface area (Å²) in [6.45, 7) is 2.64. The number of carbonyl (C=O) groups excluding carboxylic acids is 1. The van der Waals surface area contributed by atoms with Crippen molar-refractivity contribution >= 4 is 5.91 Å². The summed E-state index contributed by atoms with van der Waals surface area (Å²) < 4.78 is 5.76. The van der Waals surface area contributed by atoms with Crippen molar-refractivity contribution in [1.82, 2.24) is 4.90 Å².